The molecule has 0 spiro atoms. The summed E-state index contributed by atoms with van der Waals surface area (Å²) < 4.78 is 11.3. The molecule has 0 saturated carbocycles. The third-order valence-corrected chi connectivity index (χ3v) is 5.96. The highest BCUT2D eigenvalue weighted by Gasteiger charge is 2.46. The average molecular weight is 419 g/mol. The molecule has 0 fully saturated rings. The lowest BCUT2D eigenvalue weighted by Gasteiger charge is -2.27. The molecule has 0 saturated heterocycles. The minimum atomic E-state index is -1.25. The molecule has 0 atom stereocenters. The molecule has 30 heavy (non-hydrogen) atoms. The van der Waals surface area contributed by atoms with Crippen LogP contribution in [0.1, 0.15) is 110 Å². The van der Waals surface area contributed by atoms with Crippen LogP contribution in [0.2, 0.25) is 0 Å². The van der Waals surface area contributed by atoms with Crippen molar-refractivity contribution in [3.8, 4) is 5.75 Å². The van der Waals surface area contributed by atoms with Crippen molar-refractivity contribution in [2.24, 2.45) is 5.41 Å². The molecule has 170 valence electrons. The van der Waals surface area contributed by atoms with E-state index in [1.54, 1.807) is 6.07 Å². The van der Waals surface area contributed by atoms with E-state index < -0.39 is 17.4 Å². The fraction of sp³-hybridized carbons (Fsp3) is 0.692. The molecule has 1 rings (SSSR count). The number of carbonyl (C=O) groups excluding carboxylic acids is 2. The Balaban J connectivity index is 2.59. The van der Waals surface area contributed by atoms with Crippen LogP contribution in [-0.4, -0.2) is 18.5 Å². The number of carbonyl (C=O) groups is 2. The van der Waals surface area contributed by atoms with Crippen LogP contribution in [0.3, 0.4) is 0 Å². The van der Waals surface area contributed by atoms with Gasteiger partial charge in [0.15, 0.2) is 5.41 Å². The third kappa shape index (κ3) is 7.77. The van der Waals surface area contributed by atoms with E-state index in [4.69, 9.17) is 9.47 Å². The van der Waals surface area contributed by atoms with E-state index in [-0.39, 0.29) is 5.92 Å². The van der Waals surface area contributed by atoms with E-state index in [0.717, 1.165) is 18.4 Å². The van der Waals surface area contributed by atoms with Gasteiger partial charge in [0.25, 0.3) is 0 Å². The van der Waals surface area contributed by atoms with Crippen LogP contribution in [0.4, 0.5) is 0 Å². The molecule has 0 heterocycles. The van der Waals surface area contributed by atoms with Gasteiger partial charge < -0.3 is 9.47 Å². The number of unbranched alkanes of at least 4 members (excludes halogenated alkanes) is 7. The zero-order valence-electron chi connectivity index (χ0n) is 19.8. The van der Waals surface area contributed by atoms with Gasteiger partial charge in [0.2, 0.25) is 0 Å². The van der Waals surface area contributed by atoms with Crippen LogP contribution in [0, 0.1) is 5.41 Å². The quantitative estimate of drug-likeness (QED) is 0.131. The third-order valence-electron chi connectivity index (χ3n) is 5.96. The van der Waals surface area contributed by atoms with Crippen molar-refractivity contribution in [3.05, 3.63) is 29.8 Å². The topological polar surface area (TPSA) is 52.6 Å². The van der Waals surface area contributed by atoms with Crippen molar-refractivity contribution in [1.29, 1.82) is 0 Å². The van der Waals surface area contributed by atoms with Crippen LogP contribution >= 0.6 is 0 Å². The van der Waals surface area contributed by atoms with E-state index in [1.807, 2.05) is 32.0 Å². The highest BCUT2D eigenvalue weighted by Crippen LogP contribution is 2.33. The second-order valence-electron chi connectivity index (χ2n) is 8.48. The number of ether oxygens (including phenoxy) is 2. The lowest BCUT2D eigenvalue weighted by molar-refractivity contribution is -0.168. The highest BCUT2D eigenvalue weighted by atomic mass is 16.6. The van der Waals surface area contributed by atoms with Crippen LogP contribution in [-0.2, 0) is 14.3 Å². The summed E-state index contributed by atoms with van der Waals surface area (Å²) in [5.74, 6) is -0.218. The second kappa shape index (κ2) is 14.2. The normalized spacial score (nSPS) is 11.5. The maximum atomic E-state index is 13.1. The monoisotopic (exact) mass is 418 g/mol. The number of rotatable bonds is 15. The average Bonchev–Trinajstić information content (AvgIpc) is 2.74. The summed E-state index contributed by atoms with van der Waals surface area (Å²) >= 11 is 0. The van der Waals surface area contributed by atoms with Gasteiger partial charge in [-0.3, -0.25) is 9.59 Å². The molecule has 4 nitrogen and oxygen atoms in total. The Bertz CT molecular complexity index is 632. The predicted molar refractivity (Wildman–Crippen MR) is 123 cm³/mol. The largest absolute Gasteiger partial charge is 0.465 e. The SMILES string of the molecule is CCCCCCCCCCOC(=O)C(CC)(CC)C(=O)Oc1ccccc1C(C)C. The Labute approximate surface area is 183 Å². The summed E-state index contributed by atoms with van der Waals surface area (Å²) in [5, 5.41) is 0. The molecule has 0 unspecified atom stereocenters. The minimum absolute atomic E-state index is 0.223. The Morgan fingerprint density at radius 2 is 1.40 bits per heavy atom. The number of hydrogen-bond donors (Lipinski definition) is 0. The first kappa shape index (κ1) is 26.2. The summed E-state index contributed by atoms with van der Waals surface area (Å²) in [5.41, 5.74) is -0.288. The molecule has 0 amide bonds. The van der Waals surface area contributed by atoms with E-state index in [9.17, 15) is 9.59 Å². The summed E-state index contributed by atoms with van der Waals surface area (Å²) in [7, 11) is 0. The van der Waals surface area contributed by atoms with Crippen molar-refractivity contribution < 1.29 is 19.1 Å². The van der Waals surface area contributed by atoms with Gasteiger partial charge in [-0.1, -0.05) is 97.8 Å². The molecule has 0 aliphatic rings. The molecule has 4 heteroatoms. The van der Waals surface area contributed by atoms with Gasteiger partial charge in [0.05, 0.1) is 6.61 Å². The highest BCUT2D eigenvalue weighted by molar-refractivity contribution is 6.00. The van der Waals surface area contributed by atoms with Crippen molar-refractivity contribution >= 4 is 11.9 Å². The molecule has 1 aromatic rings. The zero-order valence-corrected chi connectivity index (χ0v) is 19.8. The van der Waals surface area contributed by atoms with Crippen molar-refractivity contribution in [2.75, 3.05) is 6.61 Å². The van der Waals surface area contributed by atoms with Gasteiger partial charge in [0.1, 0.15) is 5.75 Å². The molecule has 0 radical (unpaired) electrons. The number of esters is 2. The lowest BCUT2D eigenvalue weighted by atomic mass is 9.82. The van der Waals surface area contributed by atoms with E-state index >= 15 is 0 Å². The fourth-order valence-corrected chi connectivity index (χ4v) is 3.70. The molecular weight excluding hydrogens is 376 g/mol. The van der Waals surface area contributed by atoms with Crippen molar-refractivity contribution in [2.45, 2.75) is 105 Å². The summed E-state index contributed by atoms with van der Waals surface area (Å²) in [6.45, 7) is 10.4. The summed E-state index contributed by atoms with van der Waals surface area (Å²) in [6, 6.07) is 7.51. The van der Waals surface area contributed by atoms with Gasteiger partial charge in [-0.15, -0.1) is 0 Å². The predicted octanol–water partition coefficient (Wildman–Crippen LogP) is 7.21. The zero-order chi connectivity index (χ0) is 22.4. The first-order valence-electron chi connectivity index (χ1n) is 11.9. The van der Waals surface area contributed by atoms with Crippen LogP contribution in [0.5, 0.6) is 5.75 Å². The molecule has 1 aromatic carbocycles. The van der Waals surface area contributed by atoms with Gasteiger partial charge >= 0.3 is 11.9 Å². The molecule has 0 aliphatic heterocycles. The van der Waals surface area contributed by atoms with Crippen molar-refractivity contribution in [3.63, 3.8) is 0 Å². The first-order valence-corrected chi connectivity index (χ1v) is 11.9. The van der Waals surface area contributed by atoms with Gasteiger partial charge in [-0.25, -0.2) is 0 Å². The van der Waals surface area contributed by atoms with Gasteiger partial charge in [0, 0.05) is 0 Å². The Morgan fingerprint density at radius 3 is 1.97 bits per heavy atom. The molecule has 0 aromatic heterocycles. The Hall–Kier alpha value is -1.84. The Morgan fingerprint density at radius 1 is 0.833 bits per heavy atom. The molecule has 0 aliphatic carbocycles. The van der Waals surface area contributed by atoms with E-state index in [2.05, 4.69) is 20.8 Å². The number of hydrogen-bond acceptors (Lipinski definition) is 4. The second-order valence-corrected chi connectivity index (χ2v) is 8.48. The summed E-state index contributed by atoms with van der Waals surface area (Å²) in [4.78, 5) is 25.9. The van der Waals surface area contributed by atoms with Crippen LogP contribution in [0.15, 0.2) is 24.3 Å². The minimum Gasteiger partial charge on any atom is -0.465 e. The molecular formula is C26H42O4. The standard InChI is InChI=1S/C26H42O4/c1-6-9-10-11-12-13-14-17-20-29-24(27)26(7-2,8-3)25(28)30-23-19-16-15-18-22(23)21(4)5/h15-16,18-19,21H,6-14,17,20H2,1-5H3. The summed E-state index contributed by atoms with van der Waals surface area (Å²) in [6.07, 6.45) is 10.2. The maximum Gasteiger partial charge on any atom is 0.328 e. The first-order chi connectivity index (χ1) is 14.4. The smallest absolute Gasteiger partial charge is 0.328 e. The van der Waals surface area contributed by atoms with Gasteiger partial charge in [-0.05, 0) is 36.8 Å². The van der Waals surface area contributed by atoms with E-state index in [0.29, 0.717) is 25.2 Å². The number of para-hydroxylation sites is 1. The lowest BCUT2D eigenvalue weighted by Crippen LogP contribution is -2.42. The molecule has 0 N–H and O–H groups in total. The van der Waals surface area contributed by atoms with Crippen LogP contribution in [0.25, 0.3) is 0 Å². The molecule has 0 bridgehead atoms. The van der Waals surface area contributed by atoms with Gasteiger partial charge in [-0.2, -0.15) is 0 Å². The number of benzene rings is 1. The Kier molecular flexibility index (Phi) is 12.4. The fourth-order valence-electron chi connectivity index (χ4n) is 3.70. The van der Waals surface area contributed by atoms with Crippen LogP contribution < -0.4 is 4.74 Å². The van der Waals surface area contributed by atoms with Crippen molar-refractivity contribution in [1.82, 2.24) is 0 Å². The maximum absolute atomic E-state index is 13.1. The van der Waals surface area contributed by atoms with E-state index in [1.165, 1.54) is 38.5 Å².